The van der Waals surface area contributed by atoms with E-state index in [1.54, 1.807) is 0 Å². The molecule has 0 saturated carbocycles. The lowest BCUT2D eigenvalue weighted by molar-refractivity contribution is -0.514. The van der Waals surface area contributed by atoms with Crippen LogP contribution in [0.2, 0.25) is 0 Å². The summed E-state index contributed by atoms with van der Waals surface area (Å²) in [4.78, 5) is 18.1. The number of nitrogens with one attached hydrogen (secondary N) is 2. The van der Waals surface area contributed by atoms with Crippen molar-refractivity contribution >= 4 is 11.4 Å². The smallest absolute Gasteiger partial charge is 0.351 e. The second-order valence-corrected chi connectivity index (χ2v) is 5.91. The van der Waals surface area contributed by atoms with Crippen LogP contribution in [0.25, 0.3) is 5.52 Å². The molecule has 1 amide bonds. The number of hydrogen-bond acceptors (Lipinski definition) is 3. The molecule has 1 aliphatic rings. The van der Waals surface area contributed by atoms with Gasteiger partial charge in [0.1, 0.15) is 0 Å². The first-order chi connectivity index (χ1) is 11.3. The maximum atomic E-state index is 12.4. The summed E-state index contributed by atoms with van der Waals surface area (Å²) in [6, 6.07) is 6.00. The van der Waals surface area contributed by atoms with E-state index in [9.17, 15) is 4.79 Å². The molecule has 1 saturated heterocycles. The molecule has 6 heteroatoms. The molecule has 3 rings (SSSR count). The quantitative estimate of drug-likeness (QED) is 0.620. The summed E-state index contributed by atoms with van der Waals surface area (Å²) < 4.78 is 7.34. The molecule has 1 aliphatic heterocycles. The van der Waals surface area contributed by atoms with Crippen molar-refractivity contribution in [3.05, 3.63) is 35.9 Å². The Morgan fingerprint density at radius 1 is 1.39 bits per heavy atom. The minimum atomic E-state index is -0.0483. The molecule has 0 aromatic carbocycles. The normalized spacial score (nSPS) is 15.9. The molecule has 3 heterocycles. The number of rotatable bonds is 6. The standard InChI is InChI=1S/C17H24N4O2/c1-2-3-7-18-17(22)16-19-14(13-20-9-11-23-12-10-20)15-6-4-5-8-21(15)16/h4-6,8H,2-3,7,9-13H2,1H3,(H,18,22)/p+1. The summed E-state index contributed by atoms with van der Waals surface area (Å²) in [6.07, 6.45) is 4.00. The summed E-state index contributed by atoms with van der Waals surface area (Å²) in [5, 5.41) is 2.98. The maximum absolute atomic E-state index is 12.4. The number of imidazole rings is 1. The number of hydrogen-bond donors (Lipinski definition) is 2. The number of carbonyl (C=O) groups excluding carboxylic acids is 1. The number of aromatic nitrogens is 2. The van der Waals surface area contributed by atoms with Crippen LogP contribution in [0.5, 0.6) is 0 Å². The lowest BCUT2D eigenvalue weighted by atomic mass is 10.3. The van der Waals surface area contributed by atoms with Crippen LogP contribution >= 0.6 is 0 Å². The number of nitrogens with zero attached hydrogens (tertiary/aromatic N) is 2. The fourth-order valence-corrected chi connectivity index (χ4v) is 2.88. The van der Waals surface area contributed by atoms with Crippen LogP contribution in [0.1, 0.15) is 36.1 Å². The lowest BCUT2D eigenvalue weighted by Crippen LogP contribution is -2.36. The van der Waals surface area contributed by atoms with Crippen molar-refractivity contribution in [1.29, 1.82) is 0 Å². The van der Waals surface area contributed by atoms with E-state index in [2.05, 4.69) is 28.2 Å². The third-order valence-electron chi connectivity index (χ3n) is 4.20. The van der Waals surface area contributed by atoms with E-state index in [4.69, 9.17) is 4.74 Å². The van der Waals surface area contributed by atoms with Crippen LogP contribution in [-0.4, -0.2) is 48.6 Å². The molecule has 23 heavy (non-hydrogen) atoms. The van der Waals surface area contributed by atoms with Gasteiger partial charge in [0.25, 0.3) is 0 Å². The highest BCUT2D eigenvalue weighted by molar-refractivity contribution is 5.89. The first-order valence-corrected chi connectivity index (χ1v) is 8.39. The van der Waals surface area contributed by atoms with Gasteiger partial charge in [0.2, 0.25) is 0 Å². The number of morpholine rings is 1. The van der Waals surface area contributed by atoms with E-state index in [-0.39, 0.29) is 5.91 Å². The molecule has 2 aromatic heterocycles. The van der Waals surface area contributed by atoms with Gasteiger partial charge in [-0.15, -0.1) is 0 Å². The number of fused-ring (bicyclic) bond motifs is 1. The third kappa shape index (κ3) is 3.71. The molecule has 1 fully saturated rings. The average Bonchev–Trinajstić information content (AvgIpc) is 2.95. The SMILES string of the molecule is CCCCNC(=O)c1[nH]c(CN2CCOCC2)c2cccc[n+]12. The molecule has 0 radical (unpaired) electrons. The van der Waals surface area contributed by atoms with Crippen molar-refractivity contribution in [2.45, 2.75) is 26.3 Å². The highest BCUT2D eigenvalue weighted by Crippen LogP contribution is 2.11. The lowest BCUT2D eigenvalue weighted by Gasteiger charge is -2.25. The van der Waals surface area contributed by atoms with Gasteiger partial charge in [0, 0.05) is 19.6 Å². The van der Waals surface area contributed by atoms with E-state index in [1.807, 2.05) is 22.7 Å². The number of unbranched alkanes of at least 4 members (excludes halogenated alkanes) is 1. The summed E-state index contributed by atoms with van der Waals surface area (Å²) in [6.45, 7) is 7.03. The van der Waals surface area contributed by atoms with Crippen molar-refractivity contribution in [3.63, 3.8) is 0 Å². The van der Waals surface area contributed by atoms with E-state index in [0.29, 0.717) is 12.4 Å². The number of H-pyrrole nitrogens is 1. The topological polar surface area (TPSA) is 61.5 Å². The first kappa shape index (κ1) is 16.0. The van der Waals surface area contributed by atoms with Crippen LogP contribution in [0, 0.1) is 0 Å². The van der Waals surface area contributed by atoms with Gasteiger partial charge in [-0.25, -0.2) is 4.98 Å². The number of pyridine rings is 1. The van der Waals surface area contributed by atoms with Gasteiger partial charge in [-0.1, -0.05) is 19.4 Å². The molecular formula is C17H25N4O2+. The molecule has 0 spiro atoms. The highest BCUT2D eigenvalue weighted by Gasteiger charge is 2.25. The Morgan fingerprint density at radius 2 is 2.22 bits per heavy atom. The van der Waals surface area contributed by atoms with Gasteiger partial charge in [-0.2, -0.15) is 4.40 Å². The van der Waals surface area contributed by atoms with Gasteiger partial charge < -0.3 is 10.1 Å². The molecule has 0 atom stereocenters. The van der Waals surface area contributed by atoms with E-state index in [1.165, 1.54) is 0 Å². The van der Waals surface area contributed by atoms with Gasteiger partial charge in [-0.3, -0.25) is 9.69 Å². The monoisotopic (exact) mass is 317 g/mol. The minimum Gasteiger partial charge on any atom is -0.379 e. The van der Waals surface area contributed by atoms with E-state index in [0.717, 1.165) is 56.9 Å². The van der Waals surface area contributed by atoms with Gasteiger partial charge in [-0.05, 0) is 18.6 Å². The predicted octanol–water partition coefficient (Wildman–Crippen LogP) is 1.12. The van der Waals surface area contributed by atoms with Crippen LogP contribution in [0.4, 0.5) is 0 Å². The minimum absolute atomic E-state index is 0.0483. The molecule has 0 bridgehead atoms. The summed E-state index contributed by atoms with van der Waals surface area (Å²) in [5.41, 5.74) is 2.13. The molecule has 2 aromatic rings. The summed E-state index contributed by atoms with van der Waals surface area (Å²) in [7, 11) is 0. The molecule has 6 nitrogen and oxygen atoms in total. The summed E-state index contributed by atoms with van der Waals surface area (Å²) >= 11 is 0. The van der Waals surface area contributed by atoms with Crippen molar-refractivity contribution in [2.24, 2.45) is 0 Å². The fourth-order valence-electron chi connectivity index (χ4n) is 2.88. The molecule has 0 aliphatic carbocycles. The molecule has 2 N–H and O–H groups in total. The van der Waals surface area contributed by atoms with Crippen molar-refractivity contribution in [3.8, 4) is 0 Å². The van der Waals surface area contributed by atoms with Crippen LogP contribution < -0.4 is 9.72 Å². The maximum Gasteiger partial charge on any atom is 0.351 e. The van der Waals surface area contributed by atoms with E-state index < -0.39 is 0 Å². The van der Waals surface area contributed by atoms with Crippen LogP contribution in [0.3, 0.4) is 0 Å². The second kappa shape index (κ2) is 7.57. The zero-order valence-corrected chi connectivity index (χ0v) is 13.7. The number of aromatic amines is 1. The first-order valence-electron chi connectivity index (χ1n) is 8.39. The Bertz CT molecular complexity index is 662. The Balaban J connectivity index is 1.82. The molecular weight excluding hydrogens is 292 g/mol. The Hall–Kier alpha value is -1.92. The van der Waals surface area contributed by atoms with Crippen LogP contribution in [0.15, 0.2) is 24.4 Å². The Labute approximate surface area is 136 Å². The number of ether oxygens (including phenoxy) is 1. The van der Waals surface area contributed by atoms with Gasteiger partial charge >= 0.3 is 11.7 Å². The summed E-state index contributed by atoms with van der Waals surface area (Å²) in [5.74, 6) is 0.549. The second-order valence-electron chi connectivity index (χ2n) is 5.91. The zero-order valence-electron chi connectivity index (χ0n) is 13.7. The zero-order chi connectivity index (χ0) is 16.1. The largest absolute Gasteiger partial charge is 0.379 e. The average molecular weight is 317 g/mol. The predicted molar refractivity (Wildman–Crippen MR) is 87.3 cm³/mol. The molecule has 0 unspecified atom stereocenters. The van der Waals surface area contributed by atoms with Crippen molar-refractivity contribution in [2.75, 3.05) is 32.8 Å². The Kier molecular flexibility index (Phi) is 5.25. The third-order valence-corrected chi connectivity index (χ3v) is 4.20. The van der Waals surface area contributed by atoms with Crippen molar-refractivity contribution < 1.29 is 13.9 Å². The number of carbonyl (C=O) groups is 1. The van der Waals surface area contributed by atoms with E-state index >= 15 is 0 Å². The molecule has 124 valence electrons. The Morgan fingerprint density at radius 3 is 3.00 bits per heavy atom. The van der Waals surface area contributed by atoms with Crippen molar-refractivity contribution in [1.82, 2.24) is 15.2 Å². The highest BCUT2D eigenvalue weighted by atomic mass is 16.5. The van der Waals surface area contributed by atoms with Crippen LogP contribution in [-0.2, 0) is 11.3 Å². The van der Waals surface area contributed by atoms with Gasteiger partial charge in [0.05, 0.1) is 26.0 Å². The number of amides is 1. The fraction of sp³-hybridized carbons (Fsp3) is 0.529. The van der Waals surface area contributed by atoms with Gasteiger partial charge in [0.15, 0.2) is 11.2 Å².